The quantitative estimate of drug-likeness (QED) is 0.627. The van der Waals surface area contributed by atoms with E-state index >= 15 is 0 Å². The van der Waals surface area contributed by atoms with Crippen molar-refractivity contribution in [3.63, 3.8) is 0 Å². The molecule has 0 aliphatic rings. The zero-order valence-electron chi connectivity index (χ0n) is 10.6. The van der Waals surface area contributed by atoms with Crippen molar-refractivity contribution in [2.24, 2.45) is 5.73 Å². The first kappa shape index (κ1) is 14.5. The summed E-state index contributed by atoms with van der Waals surface area (Å²) in [7, 11) is 0. The Morgan fingerprint density at radius 1 is 1.44 bits per heavy atom. The monoisotopic (exact) mass is 252 g/mol. The normalized spacial score (nSPS) is 10.3. The lowest BCUT2D eigenvalue weighted by molar-refractivity contribution is 0.0942. The fourth-order valence-corrected chi connectivity index (χ4v) is 1.53. The molecule has 0 saturated carbocycles. The third kappa shape index (κ3) is 4.35. The highest BCUT2D eigenvalue weighted by Crippen LogP contribution is 2.19. The molecule has 0 heterocycles. The Labute approximate surface area is 107 Å². The molecular weight excluding hydrogens is 232 g/mol. The molecule has 1 aromatic carbocycles. The molecule has 0 radical (unpaired) electrons. The topological polar surface area (TPSA) is 84.6 Å². The van der Waals surface area contributed by atoms with Crippen LogP contribution in [0.25, 0.3) is 0 Å². The molecule has 1 amide bonds. The molecule has 1 aromatic rings. The van der Waals surface area contributed by atoms with Gasteiger partial charge in [0.05, 0.1) is 6.61 Å². The molecular formula is C13H20N2O3. The van der Waals surface area contributed by atoms with Crippen molar-refractivity contribution in [2.75, 3.05) is 26.3 Å². The Morgan fingerprint density at radius 2 is 2.22 bits per heavy atom. The summed E-state index contributed by atoms with van der Waals surface area (Å²) in [6.45, 7) is 3.89. The van der Waals surface area contributed by atoms with Gasteiger partial charge < -0.3 is 20.9 Å². The molecule has 4 N–H and O–H groups in total. The minimum atomic E-state index is -0.178. The maximum atomic E-state index is 11.8. The molecule has 0 atom stereocenters. The van der Waals surface area contributed by atoms with Crippen LogP contribution in [0.3, 0.4) is 0 Å². The molecule has 0 unspecified atom stereocenters. The van der Waals surface area contributed by atoms with E-state index in [0.717, 1.165) is 6.42 Å². The van der Waals surface area contributed by atoms with Crippen LogP contribution in [0.4, 0.5) is 0 Å². The second kappa shape index (κ2) is 7.68. The molecule has 0 aromatic heterocycles. The van der Waals surface area contributed by atoms with E-state index in [9.17, 15) is 9.90 Å². The van der Waals surface area contributed by atoms with Crippen LogP contribution in [0.15, 0.2) is 18.2 Å². The molecule has 1 rings (SSSR count). The number of hydrogen-bond acceptors (Lipinski definition) is 4. The average molecular weight is 252 g/mol. The lowest BCUT2D eigenvalue weighted by Crippen LogP contribution is -2.26. The zero-order valence-corrected chi connectivity index (χ0v) is 10.6. The number of phenolic OH excluding ortho intramolecular Hbond substituents is 1. The van der Waals surface area contributed by atoms with E-state index < -0.39 is 0 Å². The first-order valence-electron chi connectivity index (χ1n) is 6.01. The number of amides is 1. The highest BCUT2D eigenvalue weighted by molar-refractivity contribution is 5.96. The summed E-state index contributed by atoms with van der Waals surface area (Å²) in [6, 6.07) is 4.91. The van der Waals surface area contributed by atoms with E-state index in [1.807, 2.05) is 0 Å². The fourth-order valence-electron chi connectivity index (χ4n) is 1.53. The van der Waals surface area contributed by atoms with Crippen LogP contribution >= 0.6 is 0 Å². The van der Waals surface area contributed by atoms with Crippen LogP contribution in [0.1, 0.15) is 22.3 Å². The summed E-state index contributed by atoms with van der Waals surface area (Å²) in [6.07, 6.45) is 0.740. The number of rotatable bonds is 7. The predicted molar refractivity (Wildman–Crippen MR) is 69.7 cm³/mol. The zero-order chi connectivity index (χ0) is 13.4. The molecule has 0 saturated heterocycles. The van der Waals surface area contributed by atoms with Crippen molar-refractivity contribution in [2.45, 2.75) is 13.3 Å². The molecule has 18 heavy (non-hydrogen) atoms. The van der Waals surface area contributed by atoms with Gasteiger partial charge in [-0.05, 0) is 25.5 Å². The first-order chi connectivity index (χ1) is 8.66. The van der Waals surface area contributed by atoms with Gasteiger partial charge in [-0.2, -0.15) is 0 Å². The molecule has 0 spiro atoms. The number of phenols is 1. The number of nitrogens with one attached hydrogen (secondary N) is 1. The van der Waals surface area contributed by atoms with Crippen LogP contribution in [0.5, 0.6) is 5.75 Å². The third-order valence-electron chi connectivity index (χ3n) is 2.56. The summed E-state index contributed by atoms with van der Waals surface area (Å²) < 4.78 is 5.20. The van der Waals surface area contributed by atoms with Crippen LogP contribution in [-0.4, -0.2) is 37.3 Å². The molecule has 5 nitrogen and oxygen atoms in total. The standard InChI is InChI=1S/C13H20N2O3/c1-10-11(4-2-5-12(10)16)13(17)15-7-3-8-18-9-6-14/h2,4-5,16H,3,6-9,14H2,1H3,(H,15,17). The van der Waals surface area contributed by atoms with Gasteiger partial charge in [-0.3, -0.25) is 4.79 Å². The highest BCUT2D eigenvalue weighted by atomic mass is 16.5. The molecule has 0 bridgehead atoms. The van der Waals surface area contributed by atoms with Crippen molar-refractivity contribution >= 4 is 5.91 Å². The van der Waals surface area contributed by atoms with E-state index in [-0.39, 0.29) is 11.7 Å². The van der Waals surface area contributed by atoms with Crippen LogP contribution in [-0.2, 0) is 4.74 Å². The van der Waals surface area contributed by atoms with Gasteiger partial charge in [0.25, 0.3) is 5.91 Å². The number of carbonyl (C=O) groups is 1. The van der Waals surface area contributed by atoms with Crippen LogP contribution < -0.4 is 11.1 Å². The first-order valence-corrected chi connectivity index (χ1v) is 6.01. The van der Waals surface area contributed by atoms with Crippen LogP contribution in [0, 0.1) is 6.92 Å². The van der Waals surface area contributed by atoms with Gasteiger partial charge in [0.2, 0.25) is 0 Å². The van der Waals surface area contributed by atoms with Gasteiger partial charge in [0.15, 0.2) is 0 Å². The van der Waals surface area contributed by atoms with E-state index in [0.29, 0.717) is 37.4 Å². The van der Waals surface area contributed by atoms with Crippen LogP contribution in [0.2, 0.25) is 0 Å². The van der Waals surface area contributed by atoms with Gasteiger partial charge in [0, 0.05) is 30.8 Å². The second-order valence-corrected chi connectivity index (χ2v) is 3.96. The maximum absolute atomic E-state index is 11.8. The van der Waals surface area contributed by atoms with Crippen molar-refractivity contribution in [1.82, 2.24) is 5.32 Å². The Hall–Kier alpha value is -1.59. The van der Waals surface area contributed by atoms with Gasteiger partial charge in [0.1, 0.15) is 5.75 Å². The number of hydrogen-bond donors (Lipinski definition) is 3. The van der Waals surface area contributed by atoms with E-state index in [1.165, 1.54) is 0 Å². The Kier molecular flexibility index (Phi) is 6.18. The number of aromatic hydroxyl groups is 1. The molecule has 0 aliphatic carbocycles. The third-order valence-corrected chi connectivity index (χ3v) is 2.56. The molecule has 100 valence electrons. The van der Waals surface area contributed by atoms with Crippen molar-refractivity contribution in [3.05, 3.63) is 29.3 Å². The fraction of sp³-hybridized carbons (Fsp3) is 0.462. The summed E-state index contributed by atoms with van der Waals surface area (Å²) in [5.74, 6) is -0.0452. The number of benzene rings is 1. The lowest BCUT2D eigenvalue weighted by Gasteiger charge is -2.08. The summed E-state index contributed by atoms with van der Waals surface area (Å²) in [5, 5.41) is 12.3. The smallest absolute Gasteiger partial charge is 0.251 e. The Balaban J connectivity index is 2.35. The van der Waals surface area contributed by atoms with Gasteiger partial charge in [-0.25, -0.2) is 0 Å². The Morgan fingerprint density at radius 3 is 2.94 bits per heavy atom. The minimum absolute atomic E-state index is 0.133. The number of carbonyl (C=O) groups excluding carboxylic acids is 1. The maximum Gasteiger partial charge on any atom is 0.251 e. The van der Waals surface area contributed by atoms with E-state index in [2.05, 4.69) is 5.32 Å². The number of ether oxygens (including phenoxy) is 1. The summed E-state index contributed by atoms with van der Waals surface area (Å²) >= 11 is 0. The highest BCUT2D eigenvalue weighted by Gasteiger charge is 2.10. The second-order valence-electron chi connectivity index (χ2n) is 3.96. The Bertz CT molecular complexity index is 394. The van der Waals surface area contributed by atoms with E-state index in [4.69, 9.17) is 10.5 Å². The minimum Gasteiger partial charge on any atom is -0.508 e. The van der Waals surface area contributed by atoms with Gasteiger partial charge in [-0.1, -0.05) is 6.07 Å². The SMILES string of the molecule is Cc1c(O)cccc1C(=O)NCCCOCCN. The summed E-state index contributed by atoms with van der Waals surface area (Å²) in [4.78, 5) is 11.8. The largest absolute Gasteiger partial charge is 0.508 e. The lowest BCUT2D eigenvalue weighted by atomic mass is 10.1. The van der Waals surface area contributed by atoms with Crippen molar-refractivity contribution < 1.29 is 14.6 Å². The van der Waals surface area contributed by atoms with Crippen molar-refractivity contribution in [1.29, 1.82) is 0 Å². The molecule has 5 heteroatoms. The van der Waals surface area contributed by atoms with E-state index in [1.54, 1.807) is 25.1 Å². The average Bonchev–Trinajstić information content (AvgIpc) is 2.36. The van der Waals surface area contributed by atoms with Gasteiger partial charge in [-0.15, -0.1) is 0 Å². The van der Waals surface area contributed by atoms with Crippen molar-refractivity contribution in [3.8, 4) is 5.75 Å². The predicted octanol–water partition coefficient (Wildman–Crippen LogP) is 0.796. The van der Waals surface area contributed by atoms with Gasteiger partial charge >= 0.3 is 0 Å². The number of nitrogens with two attached hydrogens (primary N) is 1. The molecule has 0 aliphatic heterocycles. The molecule has 0 fully saturated rings. The summed E-state index contributed by atoms with van der Waals surface area (Å²) in [5.41, 5.74) is 6.37.